The predicted molar refractivity (Wildman–Crippen MR) is 92.4 cm³/mol. The van der Waals surface area contributed by atoms with Crippen LogP contribution in [0.3, 0.4) is 0 Å². The monoisotopic (exact) mass is 350 g/mol. The summed E-state index contributed by atoms with van der Waals surface area (Å²) in [4.78, 5) is 28.8. The van der Waals surface area contributed by atoms with E-state index < -0.39 is 0 Å². The first-order valence-corrected chi connectivity index (χ1v) is 8.89. The molecule has 2 aliphatic rings. The molecule has 2 amide bonds. The van der Waals surface area contributed by atoms with Crippen molar-refractivity contribution in [2.45, 2.75) is 25.7 Å². The van der Waals surface area contributed by atoms with Crippen LogP contribution in [0.1, 0.15) is 36.0 Å². The minimum Gasteiger partial charge on any atom is -0.495 e. The van der Waals surface area contributed by atoms with Gasteiger partial charge >= 0.3 is 0 Å². The molecule has 3 rings (SSSR count). The summed E-state index contributed by atoms with van der Waals surface area (Å²) in [5.74, 6) is 0.995. The fourth-order valence-electron chi connectivity index (χ4n) is 3.24. The summed E-state index contributed by atoms with van der Waals surface area (Å²) in [7, 11) is 1.55. The molecule has 0 spiro atoms. The zero-order valence-corrected chi connectivity index (χ0v) is 14.7. The summed E-state index contributed by atoms with van der Waals surface area (Å²) in [5.41, 5.74) is 0.555. The Bertz CT molecular complexity index is 631. The number of hydrogen-bond donors (Lipinski definition) is 0. The molecule has 0 N–H and O–H groups in total. The van der Waals surface area contributed by atoms with Crippen molar-refractivity contribution in [3.8, 4) is 5.75 Å². The van der Waals surface area contributed by atoms with Crippen LogP contribution in [0.2, 0.25) is 5.02 Å². The first kappa shape index (κ1) is 17.1. The van der Waals surface area contributed by atoms with Crippen molar-refractivity contribution >= 4 is 23.4 Å². The Labute approximate surface area is 147 Å². The molecular weight excluding hydrogens is 328 g/mol. The molecule has 6 heteroatoms. The number of amides is 2. The molecule has 1 heterocycles. The lowest BCUT2D eigenvalue weighted by Gasteiger charge is -2.31. The fourth-order valence-corrected chi connectivity index (χ4v) is 3.49. The van der Waals surface area contributed by atoms with Crippen molar-refractivity contribution in [2.24, 2.45) is 5.92 Å². The quantitative estimate of drug-likeness (QED) is 0.842. The smallest absolute Gasteiger partial charge is 0.253 e. The molecule has 1 saturated heterocycles. The van der Waals surface area contributed by atoms with Crippen LogP contribution in [0, 0.1) is 5.92 Å². The normalized spacial score (nSPS) is 18.8. The van der Waals surface area contributed by atoms with E-state index in [0.29, 0.717) is 36.0 Å². The van der Waals surface area contributed by atoms with Crippen molar-refractivity contribution in [3.05, 3.63) is 28.8 Å². The van der Waals surface area contributed by atoms with Crippen LogP contribution in [0.4, 0.5) is 0 Å². The molecule has 0 unspecified atom stereocenters. The Morgan fingerprint density at radius 3 is 2.42 bits per heavy atom. The molecule has 0 atom stereocenters. The van der Waals surface area contributed by atoms with E-state index in [1.807, 2.05) is 9.80 Å². The summed E-state index contributed by atoms with van der Waals surface area (Å²) in [6, 6.07) is 5.08. The number of hydrogen-bond acceptors (Lipinski definition) is 3. The molecule has 24 heavy (non-hydrogen) atoms. The minimum absolute atomic E-state index is 0.0440. The van der Waals surface area contributed by atoms with Gasteiger partial charge in [0.2, 0.25) is 5.91 Å². The Morgan fingerprint density at radius 2 is 1.79 bits per heavy atom. The topological polar surface area (TPSA) is 49.9 Å². The lowest BCUT2D eigenvalue weighted by Crippen LogP contribution is -2.41. The van der Waals surface area contributed by atoms with E-state index in [1.54, 1.807) is 25.3 Å². The maximum atomic E-state index is 12.7. The van der Waals surface area contributed by atoms with Crippen LogP contribution in [-0.4, -0.2) is 54.9 Å². The van der Waals surface area contributed by atoms with Gasteiger partial charge in [-0.15, -0.1) is 0 Å². The van der Waals surface area contributed by atoms with Crippen LogP contribution >= 0.6 is 11.6 Å². The van der Waals surface area contributed by atoms with Gasteiger partial charge in [0.25, 0.3) is 5.91 Å². The summed E-state index contributed by atoms with van der Waals surface area (Å²) in [6.07, 6.45) is 4.01. The first-order chi connectivity index (χ1) is 11.6. The van der Waals surface area contributed by atoms with Crippen LogP contribution in [-0.2, 0) is 4.79 Å². The molecule has 1 aromatic carbocycles. The van der Waals surface area contributed by atoms with Crippen molar-refractivity contribution in [1.82, 2.24) is 9.80 Å². The largest absolute Gasteiger partial charge is 0.495 e. The Kier molecular flexibility index (Phi) is 5.29. The van der Waals surface area contributed by atoms with E-state index >= 15 is 0 Å². The van der Waals surface area contributed by atoms with Gasteiger partial charge in [0.15, 0.2) is 0 Å². The third-order valence-electron chi connectivity index (χ3n) is 4.95. The van der Waals surface area contributed by atoms with E-state index in [9.17, 15) is 9.59 Å². The molecule has 1 aliphatic carbocycles. The van der Waals surface area contributed by atoms with Gasteiger partial charge in [-0.25, -0.2) is 0 Å². The Balaban J connectivity index is 1.63. The highest BCUT2D eigenvalue weighted by molar-refractivity contribution is 6.32. The van der Waals surface area contributed by atoms with Gasteiger partial charge in [-0.2, -0.15) is 0 Å². The standard InChI is InChI=1S/C18H23ClN2O3/c1-24-16-7-6-14(12-15(16)19)18(23)21-9-3-8-20(10-11-21)17(22)13-4-2-5-13/h6-7,12-13H,2-5,8-11H2,1H3. The maximum Gasteiger partial charge on any atom is 0.253 e. The summed E-state index contributed by atoms with van der Waals surface area (Å²) < 4.78 is 5.12. The van der Waals surface area contributed by atoms with Gasteiger partial charge in [0, 0.05) is 37.7 Å². The summed E-state index contributed by atoms with van der Waals surface area (Å²) in [6.45, 7) is 2.59. The molecule has 0 radical (unpaired) electrons. The molecule has 130 valence electrons. The predicted octanol–water partition coefficient (Wildman–Crippen LogP) is 2.82. The fraction of sp³-hybridized carbons (Fsp3) is 0.556. The Hall–Kier alpha value is -1.75. The SMILES string of the molecule is COc1ccc(C(=O)N2CCCN(C(=O)C3CCC3)CC2)cc1Cl. The molecule has 0 bridgehead atoms. The van der Waals surface area contributed by atoms with Gasteiger partial charge in [-0.05, 0) is 37.5 Å². The van der Waals surface area contributed by atoms with E-state index in [2.05, 4.69) is 0 Å². The average Bonchev–Trinajstić information content (AvgIpc) is 2.78. The molecule has 1 saturated carbocycles. The molecule has 0 aromatic heterocycles. The van der Waals surface area contributed by atoms with Crippen LogP contribution in [0.15, 0.2) is 18.2 Å². The van der Waals surface area contributed by atoms with Crippen molar-refractivity contribution in [2.75, 3.05) is 33.3 Å². The van der Waals surface area contributed by atoms with E-state index in [4.69, 9.17) is 16.3 Å². The van der Waals surface area contributed by atoms with Crippen molar-refractivity contribution in [1.29, 1.82) is 0 Å². The maximum absolute atomic E-state index is 12.7. The van der Waals surface area contributed by atoms with Crippen LogP contribution < -0.4 is 4.74 Å². The minimum atomic E-state index is -0.0440. The number of carbonyl (C=O) groups is 2. The number of halogens is 1. The zero-order chi connectivity index (χ0) is 17.1. The molecule has 1 aromatic rings. The third-order valence-corrected chi connectivity index (χ3v) is 5.24. The molecule has 2 fully saturated rings. The number of methoxy groups -OCH3 is 1. The number of benzene rings is 1. The van der Waals surface area contributed by atoms with Gasteiger partial charge < -0.3 is 14.5 Å². The molecular formula is C18H23ClN2O3. The van der Waals surface area contributed by atoms with Crippen molar-refractivity contribution < 1.29 is 14.3 Å². The highest BCUT2D eigenvalue weighted by Crippen LogP contribution is 2.29. The number of rotatable bonds is 3. The molecule has 1 aliphatic heterocycles. The number of nitrogens with zero attached hydrogens (tertiary/aromatic N) is 2. The number of ether oxygens (including phenoxy) is 1. The summed E-state index contributed by atoms with van der Waals surface area (Å²) >= 11 is 6.12. The second-order valence-corrected chi connectivity index (χ2v) is 6.86. The lowest BCUT2D eigenvalue weighted by atomic mass is 9.84. The van der Waals surface area contributed by atoms with Gasteiger partial charge in [0.1, 0.15) is 5.75 Å². The van der Waals surface area contributed by atoms with E-state index in [1.165, 1.54) is 0 Å². The van der Waals surface area contributed by atoms with Crippen molar-refractivity contribution in [3.63, 3.8) is 0 Å². The lowest BCUT2D eigenvalue weighted by molar-refractivity contribution is -0.138. The van der Waals surface area contributed by atoms with E-state index in [-0.39, 0.29) is 17.7 Å². The first-order valence-electron chi connectivity index (χ1n) is 8.51. The number of carbonyl (C=O) groups excluding carboxylic acids is 2. The van der Waals surface area contributed by atoms with Gasteiger partial charge in [-0.3, -0.25) is 9.59 Å². The van der Waals surface area contributed by atoms with Gasteiger partial charge in [-0.1, -0.05) is 18.0 Å². The van der Waals surface area contributed by atoms with E-state index in [0.717, 1.165) is 32.2 Å². The average molecular weight is 351 g/mol. The summed E-state index contributed by atoms with van der Waals surface area (Å²) in [5, 5.41) is 0.431. The van der Waals surface area contributed by atoms with Gasteiger partial charge in [0.05, 0.1) is 12.1 Å². The second-order valence-electron chi connectivity index (χ2n) is 6.45. The third kappa shape index (κ3) is 3.51. The second kappa shape index (κ2) is 7.43. The molecule has 5 nitrogen and oxygen atoms in total. The highest BCUT2D eigenvalue weighted by Gasteiger charge is 2.31. The van der Waals surface area contributed by atoms with Crippen LogP contribution in [0.5, 0.6) is 5.75 Å². The van der Waals surface area contributed by atoms with Crippen LogP contribution in [0.25, 0.3) is 0 Å². The zero-order valence-electron chi connectivity index (χ0n) is 14.0. The Morgan fingerprint density at radius 1 is 1.08 bits per heavy atom. The highest BCUT2D eigenvalue weighted by atomic mass is 35.5.